The normalized spacial score (nSPS) is 23.8. The second-order valence-electron chi connectivity index (χ2n) is 6.11. The molecule has 1 N–H and O–H groups in total. The second-order valence-corrected chi connectivity index (χ2v) is 6.97. The quantitative estimate of drug-likeness (QED) is 0.746. The van der Waals surface area contributed by atoms with Gasteiger partial charge in [-0.15, -0.1) is 0 Å². The molecule has 2 rings (SSSR count). The predicted molar refractivity (Wildman–Crippen MR) is 92.9 cm³/mol. The van der Waals surface area contributed by atoms with Crippen molar-refractivity contribution in [3.05, 3.63) is 28.2 Å². The lowest BCUT2D eigenvalue weighted by atomic mass is 9.76. The van der Waals surface area contributed by atoms with Gasteiger partial charge in [-0.2, -0.15) is 0 Å². The first-order valence-corrected chi connectivity index (χ1v) is 9.05. The third-order valence-electron chi connectivity index (χ3n) is 4.90. The van der Waals surface area contributed by atoms with Gasteiger partial charge in [-0.25, -0.2) is 0 Å². The Bertz CT molecular complexity index is 441. The number of benzene rings is 1. The van der Waals surface area contributed by atoms with Gasteiger partial charge in [0.25, 0.3) is 0 Å². The Kier molecular flexibility index (Phi) is 6.56. The molecule has 1 aliphatic carbocycles. The van der Waals surface area contributed by atoms with E-state index in [-0.39, 0.29) is 0 Å². The zero-order valence-corrected chi connectivity index (χ0v) is 15.1. The van der Waals surface area contributed by atoms with Crippen LogP contribution >= 0.6 is 15.9 Å². The van der Waals surface area contributed by atoms with Crippen LogP contribution in [0.5, 0.6) is 5.75 Å². The second kappa shape index (κ2) is 8.19. The van der Waals surface area contributed by atoms with E-state index in [0.29, 0.717) is 6.04 Å². The molecule has 0 saturated heterocycles. The summed E-state index contributed by atoms with van der Waals surface area (Å²) < 4.78 is 6.60. The molecular formula is C18H28BrNO. The Morgan fingerprint density at radius 1 is 1.24 bits per heavy atom. The molecule has 1 fully saturated rings. The van der Waals surface area contributed by atoms with Crippen LogP contribution in [0.1, 0.15) is 57.6 Å². The number of hydrogen-bond donors (Lipinski definition) is 1. The van der Waals surface area contributed by atoms with Gasteiger partial charge in [-0.1, -0.05) is 49.0 Å². The summed E-state index contributed by atoms with van der Waals surface area (Å²) in [6.07, 6.45) is 6.76. The summed E-state index contributed by atoms with van der Waals surface area (Å²) in [5.41, 5.74) is 1.34. The van der Waals surface area contributed by atoms with E-state index in [1.807, 2.05) is 6.07 Å². The SMILES string of the molecule is CCNC(c1cc(OC)ccc1Br)C1CCC(CC)CC1. The van der Waals surface area contributed by atoms with Crippen LogP contribution in [-0.4, -0.2) is 13.7 Å². The highest BCUT2D eigenvalue weighted by Crippen LogP contribution is 2.40. The van der Waals surface area contributed by atoms with Crippen molar-refractivity contribution in [2.45, 2.75) is 52.0 Å². The molecule has 0 aliphatic heterocycles. The van der Waals surface area contributed by atoms with Crippen molar-refractivity contribution in [2.24, 2.45) is 11.8 Å². The van der Waals surface area contributed by atoms with Gasteiger partial charge in [0.05, 0.1) is 7.11 Å². The molecule has 3 heteroatoms. The van der Waals surface area contributed by atoms with E-state index in [0.717, 1.165) is 24.1 Å². The summed E-state index contributed by atoms with van der Waals surface area (Å²) in [6, 6.07) is 6.74. The van der Waals surface area contributed by atoms with Crippen molar-refractivity contribution in [3.63, 3.8) is 0 Å². The largest absolute Gasteiger partial charge is 0.497 e. The topological polar surface area (TPSA) is 21.3 Å². The van der Waals surface area contributed by atoms with Gasteiger partial charge in [0.15, 0.2) is 0 Å². The monoisotopic (exact) mass is 353 g/mol. The van der Waals surface area contributed by atoms with E-state index >= 15 is 0 Å². The third-order valence-corrected chi connectivity index (χ3v) is 5.62. The van der Waals surface area contributed by atoms with Crippen LogP contribution in [0.15, 0.2) is 22.7 Å². The van der Waals surface area contributed by atoms with E-state index in [9.17, 15) is 0 Å². The molecule has 0 spiro atoms. The molecule has 1 unspecified atom stereocenters. The Morgan fingerprint density at radius 3 is 2.52 bits per heavy atom. The van der Waals surface area contributed by atoms with Crippen LogP contribution in [0, 0.1) is 11.8 Å². The van der Waals surface area contributed by atoms with Gasteiger partial charge >= 0.3 is 0 Å². The van der Waals surface area contributed by atoms with Crippen LogP contribution in [-0.2, 0) is 0 Å². The molecule has 0 radical (unpaired) electrons. The molecule has 118 valence electrons. The predicted octanol–water partition coefficient (Wildman–Crippen LogP) is 5.32. The Balaban J connectivity index is 2.19. The molecule has 0 heterocycles. The van der Waals surface area contributed by atoms with E-state index in [1.165, 1.54) is 42.1 Å². The lowest BCUT2D eigenvalue weighted by molar-refractivity contribution is 0.219. The van der Waals surface area contributed by atoms with Gasteiger partial charge in [-0.05, 0) is 55.0 Å². The zero-order valence-electron chi connectivity index (χ0n) is 13.5. The highest BCUT2D eigenvalue weighted by molar-refractivity contribution is 9.10. The first-order valence-electron chi connectivity index (χ1n) is 8.26. The number of methoxy groups -OCH3 is 1. The number of halogens is 1. The van der Waals surface area contributed by atoms with Gasteiger partial charge in [0, 0.05) is 10.5 Å². The number of nitrogens with one attached hydrogen (secondary N) is 1. The molecule has 1 atom stereocenters. The van der Waals surface area contributed by atoms with Crippen molar-refractivity contribution in [2.75, 3.05) is 13.7 Å². The van der Waals surface area contributed by atoms with Crippen LogP contribution in [0.4, 0.5) is 0 Å². The van der Waals surface area contributed by atoms with Crippen molar-refractivity contribution >= 4 is 15.9 Å². The minimum Gasteiger partial charge on any atom is -0.497 e. The minimum atomic E-state index is 0.428. The summed E-state index contributed by atoms with van der Waals surface area (Å²) >= 11 is 3.73. The van der Waals surface area contributed by atoms with Crippen molar-refractivity contribution in [1.82, 2.24) is 5.32 Å². The van der Waals surface area contributed by atoms with Crippen LogP contribution in [0.3, 0.4) is 0 Å². The summed E-state index contributed by atoms with van der Waals surface area (Å²) in [6.45, 7) is 5.52. The molecule has 0 amide bonds. The van der Waals surface area contributed by atoms with Gasteiger partial charge < -0.3 is 10.1 Å². The number of hydrogen-bond acceptors (Lipinski definition) is 2. The summed E-state index contributed by atoms with van der Waals surface area (Å²) in [5.74, 6) is 2.62. The first kappa shape index (κ1) is 16.8. The molecule has 21 heavy (non-hydrogen) atoms. The van der Waals surface area contributed by atoms with Crippen molar-refractivity contribution in [3.8, 4) is 5.75 Å². The standard InChI is InChI=1S/C18H28BrNO/c1-4-13-6-8-14(9-7-13)18(20-5-2)16-12-15(21-3)10-11-17(16)19/h10-14,18,20H,4-9H2,1-3H3. The van der Waals surface area contributed by atoms with Gasteiger partial charge in [-0.3, -0.25) is 0 Å². The fourth-order valence-electron chi connectivity index (χ4n) is 3.57. The van der Waals surface area contributed by atoms with E-state index in [1.54, 1.807) is 7.11 Å². The minimum absolute atomic E-state index is 0.428. The Labute approximate surface area is 137 Å². The van der Waals surface area contributed by atoms with E-state index in [2.05, 4.69) is 47.2 Å². The Hall–Kier alpha value is -0.540. The fraction of sp³-hybridized carbons (Fsp3) is 0.667. The average molecular weight is 354 g/mol. The smallest absolute Gasteiger partial charge is 0.119 e. The molecule has 0 aromatic heterocycles. The molecular weight excluding hydrogens is 326 g/mol. The molecule has 1 aromatic carbocycles. The maximum absolute atomic E-state index is 5.41. The highest BCUT2D eigenvalue weighted by atomic mass is 79.9. The van der Waals surface area contributed by atoms with Gasteiger partial charge in [0.2, 0.25) is 0 Å². The molecule has 1 aliphatic rings. The lowest BCUT2D eigenvalue weighted by Gasteiger charge is -2.35. The number of rotatable bonds is 6. The average Bonchev–Trinajstić information content (AvgIpc) is 2.53. The van der Waals surface area contributed by atoms with Crippen LogP contribution < -0.4 is 10.1 Å². The third kappa shape index (κ3) is 4.23. The van der Waals surface area contributed by atoms with Crippen LogP contribution in [0.2, 0.25) is 0 Å². The maximum atomic E-state index is 5.41. The fourth-order valence-corrected chi connectivity index (χ4v) is 4.06. The molecule has 1 saturated carbocycles. The van der Waals surface area contributed by atoms with Gasteiger partial charge in [0.1, 0.15) is 5.75 Å². The molecule has 1 aromatic rings. The molecule has 0 bridgehead atoms. The summed E-state index contributed by atoms with van der Waals surface area (Å²) in [5, 5.41) is 3.71. The zero-order chi connectivity index (χ0) is 15.2. The van der Waals surface area contributed by atoms with Crippen LogP contribution in [0.25, 0.3) is 0 Å². The van der Waals surface area contributed by atoms with E-state index in [4.69, 9.17) is 4.74 Å². The summed E-state index contributed by atoms with van der Waals surface area (Å²) in [4.78, 5) is 0. The van der Waals surface area contributed by atoms with Crippen molar-refractivity contribution < 1.29 is 4.74 Å². The van der Waals surface area contributed by atoms with E-state index < -0.39 is 0 Å². The number of ether oxygens (including phenoxy) is 1. The maximum Gasteiger partial charge on any atom is 0.119 e. The summed E-state index contributed by atoms with van der Waals surface area (Å²) in [7, 11) is 1.74. The first-order chi connectivity index (χ1) is 10.2. The molecule has 2 nitrogen and oxygen atoms in total. The Morgan fingerprint density at radius 2 is 1.95 bits per heavy atom. The highest BCUT2D eigenvalue weighted by Gasteiger charge is 2.28. The lowest BCUT2D eigenvalue weighted by Crippen LogP contribution is -2.31. The van der Waals surface area contributed by atoms with Crippen molar-refractivity contribution in [1.29, 1.82) is 0 Å².